The van der Waals surface area contributed by atoms with Crippen LogP contribution in [0.5, 0.6) is 5.75 Å². The number of hydrogen-bond donors (Lipinski definition) is 0. The molecule has 0 spiro atoms. The number of halogens is 4. The molecule has 1 fully saturated rings. The van der Waals surface area contributed by atoms with Gasteiger partial charge in [-0.3, -0.25) is 0 Å². The van der Waals surface area contributed by atoms with Crippen LogP contribution in [0.15, 0.2) is 30.4 Å². The molecule has 0 heterocycles. The van der Waals surface area contributed by atoms with Crippen LogP contribution in [0, 0.1) is 11.7 Å². The van der Waals surface area contributed by atoms with Gasteiger partial charge in [-0.2, -0.15) is 13.2 Å². The second kappa shape index (κ2) is 9.98. The quantitative estimate of drug-likeness (QED) is 0.267. The van der Waals surface area contributed by atoms with Crippen LogP contribution < -0.4 is 4.74 Å². The molecular weight excluding hydrogens is 344 g/mol. The molecule has 1 aliphatic rings. The highest BCUT2D eigenvalue weighted by atomic mass is 19.4. The summed E-state index contributed by atoms with van der Waals surface area (Å²) in [6.45, 7) is 1.91. The smallest absolute Gasteiger partial charge is 0.409 e. The molecule has 1 aromatic carbocycles. The highest BCUT2D eigenvalue weighted by Crippen LogP contribution is 2.38. The van der Waals surface area contributed by atoms with Crippen LogP contribution in [-0.4, -0.2) is 12.8 Å². The highest BCUT2D eigenvalue weighted by molar-refractivity contribution is 5.31. The van der Waals surface area contributed by atoms with Crippen molar-refractivity contribution in [1.82, 2.24) is 0 Å². The third-order valence-corrected chi connectivity index (χ3v) is 5.13. The fourth-order valence-corrected chi connectivity index (χ4v) is 3.68. The van der Waals surface area contributed by atoms with Crippen LogP contribution >= 0.6 is 0 Å². The summed E-state index contributed by atoms with van der Waals surface area (Å²) in [5.74, 6) is 0.651. The first kappa shape index (κ1) is 20.8. The van der Waals surface area contributed by atoms with Gasteiger partial charge in [0.1, 0.15) is 6.61 Å². The minimum absolute atomic E-state index is 0.00572. The van der Waals surface area contributed by atoms with E-state index in [1.54, 1.807) is 0 Å². The van der Waals surface area contributed by atoms with Crippen molar-refractivity contribution in [2.75, 3.05) is 6.61 Å². The van der Waals surface area contributed by atoms with Crippen molar-refractivity contribution in [2.24, 2.45) is 5.92 Å². The second-order valence-corrected chi connectivity index (χ2v) is 7.16. The number of allylic oxidation sites excluding steroid dienone is 1. The fraction of sp³-hybridized carbons (Fsp3) is 0.619. The van der Waals surface area contributed by atoms with Gasteiger partial charge in [-0.05, 0) is 61.3 Å². The summed E-state index contributed by atoms with van der Waals surface area (Å²) >= 11 is 0. The lowest BCUT2D eigenvalue weighted by atomic mass is 9.77. The molecule has 0 aliphatic heterocycles. The molecule has 0 N–H and O–H groups in total. The maximum absolute atomic E-state index is 14.2. The molecule has 1 aliphatic carbocycles. The number of benzene rings is 1. The van der Waals surface area contributed by atoms with Crippen molar-refractivity contribution in [3.8, 4) is 5.75 Å². The lowest BCUT2D eigenvalue weighted by Crippen LogP contribution is -2.13. The second-order valence-electron chi connectivity index (χ2n) is 7.16. The van der Waals surface area contributed by atoms with E-state index in [0.717, 1.165) is 30.4 Å². The highest BCUT2D eigenvalue weighted by Gasteiger charge is 2.23. The molecule has 0 saturated heterocycles. The Hall–Kier alpha value is -1.52. The van der Waals surface area contributed by atoms with Crippen molar-refractivity contribution in [3.63, 3.8) is 0 Å². The summed E-state index contributed by atoms with van der Waals surface area (Å²) in [5, 5.41) is 0. The van der Waals surface area contributed by atoms with E-state index in [9.17, 15) is 17.6 Å². The first-order valence-corrected chi connectivity index (χ1v) is 9.55. The third-order valence-electron chi connectivity index (χ3n) is 5.13. The molecule has 1 saturated carbocycles. The van der Waals surface area contributed by atoms with Crippen molar-refractivity contribution >= 4 is 0 Å². The zero-order chi connectivity index (χ0) is 19.0. The number of ether oxygens (including phenoxy) is 1. The summed E-state index contributed by atoms with van der Waals surface area (Å²) in [5.41, 5.74) is 0.965. The summed E-state index contributed by atoms with van der Waals surface area (Å²) in [6.07, 6.45) is 6.23. The monoisotopic (exact) mass is 372 g/mol. The third kappa shape index (κ3) is 7.00. The van der Waals surface area contributed by atoms with Gasteiger partial charge < -0.3 is 4.74 Å². The number of hydrogen-bond acceptors (Lipinski definition) is 1. The Balaban J connectivity index is 1.83. The van der Waals surface area contributed by atoms with Crippen LogP contribution in [0.4, 0.5) is 17.6 Å². The van der Waals surface area contributed by atoms with Crippen molar-refractivity contribution < 1.29 is 22.3 Å². The molecular formula is C21H28F4O. The minimum atomic E-state index is -4.37. The lowest BCUT2D eigenvalue weighted by molar-refractivity contribution is -0.0801. The van der Waals surface area contributed by atoms with Crippen LogP contribution in [0.2, 0.25) is 0 Å². The van der Waals surface area contributed by atoms with Crippen LogP contribution in [-0.2, 0) is 0 Å². The Morgan fingerprint density at radius 2 is 1.85 bits per heavy atom. The first-order chi connectivity index (χ1) is 12.4. The molecule has 0 unspecified atom stereocenters. The zero-order valence-electron chi connectivity index (χ0n) is 15.3. The Kier molecular flexibility index (Phi) is 7.98. The van der Waals surface area contributed by atoms with Gasteiger partial charge >= 0.3 is 6.18 Å². The van der Waals surface area contributed by atoms with E-state index in [-0.39, 0.29) is 18.4 Å². The topological polar surface area (TPSA) is 9.23 Å². The maximum Gasteiger partial charge on any atom is 0.409 e. The van der Waals surface area contributed by atoms with Gasteiger partial charge in [0.15, 0.2) is 11.6 Å². The van der Waals surface area contributed by atoms with E-state index >= 15 is 0 Å². The standard InChI is InChI=1S/C21H28F4O/c1-2-3-4-6-16-7-9-17(10-8-16)18-11-12-20(19(22)15-18)26-14-5-13-21(23,24)25/h5,11-13,15-17H,2-4,6-10,14H2,1H3/b13-5+. The van der Waals surface area contributed by atoms with Crippen molar-refractivity contribution in [2.45, 2.75) is 70.4 Å². The van der Waals surface area contributed by atoms with Gasteiger partial charge in [-0.25, -0.2) is 4.39 Å². The van der Waals surface area contributed by atoms with E-state index in [0.29, 0.717) is 5.92 Å². The number of rotatable bonds is 8. The van der Waals surface area contributed by atoms with Crippen LogP contribution in [0.25, 0.3) is 0 Å². The Morgan fingerprint density at radius 1 is 1.12 bits per heavy atom. The maximum atomic E-state index is 14.2. The van der Waals surface area contributed by atoms with Gasteiger partial charge in [-0.15, -0.1) is 0 Å². The molecule has 0 radical (unpaired) electrons. The van der Waals surface area contributed by atoms with Crippen LogP contribution in [0.1, 0.15) is 69.8 Å². The molecule has 0 bridgehead atoms. The molecule has 1 nitrogen and oxygen atoms in total. The number of alkyl halides is 3. The van der Waals surface area contributed by atoms with Gasteiger partial charge in [-0.1, -0.05) is 38.7 Å². The van der Waals surface area contributed by atoms with Gasteiger partial charge in [0.05, 0.1) is 0 Å². The van der Waals surface area contributed by atoms with Gasteiger partial charge in [0, 0.05) is 6.08 Å². The summed E-state index contributed by atoms with van der Waals surface area (Å²) in [7, 11) is 0. The lowest BCUT2D eigenvalue weighted by Gasteiger charge is -2.29. The molecule has 146 valence electrons. The summed E-state index contributed by atoms with van der Waals surface area (Å²) in [6, 6.07) is 4.85. The largest absolute Gasteiger partial charge is 0.486 e. The van der Waals surface area contributed by atoms with E-state index < -0.39 is 12.0 Å². The van der Waals surface area contributed by atoms with Crippen LogP contribution in [0.3, 0.4) is 0 Å². The predicted molar refractivity (Wildman–Crippen MR) is 95.9 cm³/mol. The summed E-state index contributed by atoms with van der Waals surface area (Å²) in [4.78, 5) is 0. The van der Waals surface area contributed by atoms with Gasteiger partial charge in [0.25, 0.3) is 0 Å². The van der Waals surface area contributed by atoms with E-state index in [2.05, 4.69) is 6.92 Å². The summed E-state index contributed by atoms with van der Waals surface area (Å²) < 4.78 is 55.3. The molecule has 0 aromatic heterocycles. The molecule has 2 rings (SSSR count). The van der Waals surface area contributed by atoms with Crippen molar-refractivity contribution in [3.05, 3.63) is 41.7 Å². The molecule has 0 amide bonds. The van der Waals surface area contributed by atoms with E-state index in [4.69, 9.17) is 4.74 Å². The first-order valence-electron chi connectivity index (χ1n) is 9.55. The van der Waals surface area contributed by atoms with Gasteiger partial charge in [0.2, 0.25) is 0 Å². The minimum Gasteiger partial charge on any atom is -0.486 e. The normalized spacial score (nSPS) is 21.3. The van der Waals surface area contributed by atoms with E-state index in [1.165, 1.54) is 50.7 Å². The molecule has 1 aromatic rings. The van der Waals surface area contributed by atoms with E-state index in [1.807, 2.05) is 6.07 Å². The zero-order valence-corrected chi connectivity index (χ0v) is 15.3. The Labute approximate surface area is 153 Å². The predicted octanol–water partition coefficient (Wildman–Crippen LogP) is 7.18. The van der Waals surface area contributed by atoms with Crippen molar-refractivity contribution in [1.29, 1.82) is 0 Å². The Bertz CT molecular complexity index is 572. The molecule has 26 heavy (non-hydrogen) atoms. The average molecular weight is 372 g/mol. The Morgan fingerprint density at radius 3 is 2.46 bits per heavy atom. The average Bonchev–Trinajstić information content (AvgIpc) is 2.60. The molecule has 5 heteroatoms. The number of unbranched alkanes of at least 4 members (excludes halogenated alkanes) is 2. The fourth-order valence-electron chi connectivity index (χ4n) is 3.68. The molecule has 0 atom stereocenters. The SMILES string of the molecule is CCCCCC1CCC(c2ccc(OC/C=C/C(F)(F)F)c(F)c2)CC1.